The molecule has 1 fully saturated rings. The summed E-state index contributed by atoms with van der Waals surface area (Å²) in [5, 5.41) is 1.04. The molecule has 0 aromatic carbocycles. The van der Waals surface area contributed by atoms with E-state index in [0.29, 0.717) is 22.0 Å². The zero-order valence-electron chi connectivity index (χ0n) is 14.9. The van der Waals surface area contributed by atoms with Crippen molar-refractivity contribution >= 4 is 22.8 Å². The summed E-state index contributed by atoms with van der Waals surface area (Å²) in [6, 6.07) is 5.47. The normalized spacial score (nSPS) is 15.7. The van der Waals surface area contributed by atoms with Crippen LogP contribution in [0.25, 0.3) is 16.9 Å². The molecule has 0 spiro atoms. The van der Waals surface area contributed by atoms with Crippen molar-refractivity contribution < 1.29 is 4.39 Å². The van der Waals surface area contributed by atoms with Crippen LogP contribution in [0, 0.1) is 0 Å². The number of nitrogens with zero attached hydrogens (tertiary/aromatic N) is 5. The van der Waals surface area contributed by atoms with Gasteiger partial charge in [0, 0.05) is 17.7 Å². The number of alkyl halides is 1. The fourth-order valence-corrected chi connectivity index (χ4v) is 3.55. The SMILES string of the molecule is CSc1ncc2c(=O)n(C(C)C)n(-c3cccc(C4(CF)CC4)n3)c2n1. The Morgan fingerprint density at radius 3 is 2.69 bits per heavy atom. The smallest absolute Gasteiger partial charge is 0.267 e. The van der Waals surface area contributed by atoms with Crippen molar-refractivity contribution in [2.24, 2.45) is 0 Å². The van der Waals surface area contributed by atoms with Crippen molar-refractivity contribution in [3.05, 3.63) is 40.4 Å². The highest BCUT2D eigenvalue weighted by Gasteiger charge is 2.46. The van der Waals surface area contributed by atoms with Gasteiger partial charge in [-0.05, 0) is 45.1 Å². The molecule has 1 aliphatic carbocycles. The Kier molecular flexibility index (Phi) is 4.10. The Labute approximate surface area is 154 Å². The number of thioether (sulfide) groups is 1. The molecule has 0 saturated heterocycles. The van der Waals surface area contributed by atoms with Gasteiger partial charge in [0.15, 0.2) is 16.6 Å². The van der Waals surface area contributed by atoms with Crippen molar-refractivity contribution in [2.75, 3.05) is 12.9 Å². The minimum atomic E-state index is -0.457. The van der Waals surface area contributed by atoms with Gasteiger partial charge in [-0.2, -0.15) is 0 Å². The van der Waals surface area contributed by atoms with Crippen LogP contribution in [-0.4, -0.2) is 37.2 Å². The van der Waals surface area contributed by atoms with Crippen LogP contribution in [0.4, 0.5) is 4.39 Å². The Morgan fingerprint density at radius 2 is 2.08 bits per heavy atom. The van der Waals surface area contributed by atoms with E-state index in [2.05, 4.69) is 9.97 Å². The average Bonchev–Trinajstić information content (AvgIpc) is 3.40. The molecule has 1 saturated carbocycles. The average molecular weight is 373 g/mol. The van der Waals surface area contributed by atoms with Gasteiger partial charge in [0.1, 0.15) is 12.1 Å². The summed E-state index contributed by atoms with van der Waals surface area (Å²) in [7, 11) is 0. The lowest BCUT2D eigenvalue weighted by Crippen LogP contribution is -2.25. The van der Waals surface area contributed by atoms with Crippen LogP contribution >= 0.6 is 11.8 Å². The third kappa shape index (κ3) is 2.55. The van der Waals surface area contributed by atoms with Gasteiger partial charge in [0.2, 0.25) is 0 Å². The Bertz CT molecular complexity index is 1040. The van der Waals surface area contributed by atoms with E-state index in [-0.39, 0.29) is 11.6 Å². The lowest BCUT2D eigenvalue weighted by Gasteiger charge is -2.17. The van der Waals surface area contributed by atoms with Crippen LogP contribution in [0.3, 0.4) is 0 Å². The fraction of sp³-hybridized carbons (Fsp3) is 0.444. The number of hydrogen-bond acceptors (Lipinski definition) is 5. The van der Waals surface area contributed by atoms with E-state index in [9.17, 15) is 9.18 Å². The molecule has 3 heterocycles. The number of halogens is 1. The summed E-state index contributed by atoms with van der Waals surface area (Å²) in [5.41, 5.74) is 0.655. The third-order valence-electron chi connectivity index (χ3n) is 4.88. The molecule has 0 radical (unpaired) electrons. The van der Waals surface area contributed by atoms with Crippen molar-refractivity contribution in [1.29, 1.82) is 0 Å². The predicted molar refractivity (Wildman–Crippen MR) is 100.0 cm³/mol. The lowest BCUT2D eigenvalue weighted by molar-refractivity contribution is 0.410. The van der Waals surface area contributed by atoms with Gasteiger partial charge in [-0.3, -0.25) is 9.18 Å². The van der Waals surface area contributed by atoms with Crippen LogP contribution in [0.1, 0.15) is 38.4 Å². The first-order valence-electron chi connectivity index (χ1n) is 8.59. The molecule has 3 aromatic heterocycles. The number of fused-ring (bicyclic) bond motifs is 1. The first-order chi connectivity index (χ1) is 12.5. The fourth-order valence-electron chi connectivity index (χ4n) is 3.21. The van der Waals surface area contributed by atoms with Crippen molar-refractivity contribution in [1.82, 2.24) is 24.3 Å². The maximum absolute atomic E-state index is 13.5. The third-order valence-corrected chi connectivity index (χ3v) is 5.44. The van der Waals surface area contributed by atoms with Gasteiger partial charge in [0.05, 0.1) is 5.69 Å². The Hall–Kier alpha value is -2.22. The molecule has 0 N–H and O–H groups in total. The quantitative estimate of drug-likeness (QED) is 0.507. The van der Waals surface area contributed by atoms with Gasteiger partial charge in [-0.25, -0.2) is 24.3 Å². The number of hydrogen-bond donors (Lipinski definition) is 0. The molecule has 6 nitrogen and oxygen atoms in total. The van der Waals surface area contributed by atoms with E-state index < -0.39 is 12.1 Å². The minimum Gasteiger partial charge on any atom is -0.267 e. The molecule has 0 amide bonds. The van der Waals surface area contributed by atoms with Crippen molar-refractivity contribution in [3.8, 4) is 5.82 Å². The molecule has 0 bridgehead atoms. The molecular formula is C18H20FN5OS. The highest BCUT2D eigenvalue weighted by atomic mass is 32.2. The van der Waals surface area contributed by atoms with Crippen LogP contribution in [0.5, 0.6) is 0 Å². The summed E-state index contributed by atoms with van der Waals surface area (Å²) in [4.78, 5) is 26.4. The number of rotatable bonds is 5. The Balaban J connectivity index is 2.00. The summed E-state index contributed by atoms with van der Waals surface area (Å²) in [5.74, 6) is 0.578. The molecule has 136 valence electrons. The number of pyridine rings is 1. The second kappa shape index (κ2) is 6.19. The molecule has 0 aliphatic heterocycles. The van der Waals surface area contributed by atoms with Gasteiger partial charge >= 0.3 is 0 Å². The van der Waals surface area contributed by atoms with E-state index in [1.165, 1.54) is 11.8 Å². The highest BCUT2D eigenvalue weighted by molar-refractivity contribution is 7.98. The van der Waals surface area contributed by atoms with E-state index >= 15 is 0 Å². The molecule has 26 heavy (non-hydrogen) atoms. The Morgan fingerprint density at radius 1 is 1.31 bits per heavy atom. The second-order valence-electron chi connectivity index (χ2n) is 6.94. The van der Waals surface area contributed by atoms with Crippen LogP contribution in [0.2, 0.25) is 0 Å². The van der Waals surface area contributed by atoms with E-state index in [4.69, 9.17) is 4.98 Å². The summed E-state index contributed by atoms with van der Waals surface area (Å²) >= 11 is 1.42. The predicted octanol–water partition coefficient (Wildman–Crippen LogP) is 3.28. The largest absolute Gasteiger partial charge is 0.278 e. The molecule has 8 heteroatoms. The topological polar surface area (TPSA) is 65.6 Å². The van der Waals surface area contributed by atoms with E-state index in [1.54, 1.807) is 15.6 Å². The van der Waals surface area contributed by atoms with E-state index in [0.717, 1.165) is 18.5 Å². The first-order valence-corrected chi connectivity index (χ1v) is 9.81. The van der Waals surface area contributed by atoms with Crippen LogP contribution < -0.4 is 5.56 Å². The second-order valence-corrected chi connectivity index (χ2v) is 7.72. The van der Waals surface area contributed by atoms with Gasteiger partial charge in [-0.1, -0.05) is 17.8 Å². The molecule has 0 atom stereocenters. The highest BCUT2D eigenvalue weighted by Crippen LogP contribution is 2.47. The zero-order valence-corrected chi connectivity index (χ0v) is 15.8. The van der Waals surface area contributed by atoms with Crippen LogP contribution in [0.15, 0.2) is 34.3 Å². The minimum absolute atomic E-state index is 0.0871. The summed E-state index contributed by atoms with van der Waals surface area (Å²) in [6.07, 6.45) is 5.07. The van der Waals surface area contributed by atoms with E-state index in [1.807, 2.05) is 38.3 Å². The maximum atomic E-state index is 13.5. The standard InChI is InChI=1S/C18H20FN5OS/c1-11(2)23-16(25)12-9-20-17(26-3)22-15(12)24(23)14-6-4-5-13(21-14)18(10-19)7-8-18/h4-6,9,11H,7-8,10H2,1-3H3. The molecule has 1 aliphatic rings. The lowest BCUT2D eigenvalue weighted by atomic mass is 10.0. The maximum Gasteiger partial charge on any atom is 0.278 e. The van der Waals surface area contributed by atoms with Crippen LogP contribution in [-0.2, 0) is 5.41 Å². The first kappa shape index (κ1) is 17.2. The number of aromatic nitrogens is 5. The zero-order chi connectivity index (χ0) is 18.5. The van der Waals surface area contributed by atoms with Gasteiger partial charge in [-0.15, -0.1) is 0 Å². The van der Waals surface area contributed by atoms with Gasteiger partial charge in [0.25, 0.3) is 5.56 Å². The molecular weight excluding hydrogens is 353 g/mol. The molecule has 4 rings (SSSR count). The van der Waals surface area contributed by atoms with Crippen molar-refractivity contribution in [2.45, 2.75) is 43.3 Å². The van der Waals surface area contributed by atoms with Crippen molar-refractivity contribution in [3.63, 3.8) is 0 Å². The molecule has 0 unspecified atom stereocenters. The van der Waals surface area contributed by atoms with Gasteiger partial charge < -0.3 is 0 Å². The molecule has 3 aromatic rings. The monoisotopic (exact) mass is 373 g/mol. The summed E-state index contributed by atoms with van der Waals surface area (Å²) in [6.45, 7) is 3.46. The summed E-state index contributed by atoms with van der Waals surface area (Å²) < 4.78 is 16.9.